The van der Waals surface area contributed by atoms with Crippen molar-refractivity contribution in [3.8, 4) is 23.0 Å². The first-order valence-electron chi connectivity index (χ1n) is 13.3. The minimum Gasteiger partial charge on any atom is -0.493 e. The molecule has 2 unspecified atom stereocenters. The molecule has 0 bridgehead atoms. The maximum Gasteiger partial charge on any atom is 0.255 e. The van der Waals surface area contributed by atoms with Crippen molar-refractivity contribution in [2.24, 2.45) is 5.73 Å². The van der Waals surface area contributed by atoms with E-state index in [1.54, 1.807) is 57.7 Å². The Balaban J connectivity index is 1.58. The number of nitrogens with two attached hydrogens (primary N) is 1. The van der Waals surface area contributed by atoms with Crippen LogP contribution < -0.4 is 30.0 Å². The highest BCUT2D eigenvalue weighted by Crippen LogP contribution is 2.31. The predicted molar refractivity (Wildman–Crippen MR) is 154 cm³/mol. The van der Waals surface area contributed by atoms with Gasteiger partial charge in [0.05, 0.1) is 28.4 Å². The van der Waals surface area contributed by atoms with Crippen molar-refractivity contribution in [3.05, 3.63) is 77.4 Å². The molecule has 2 amide bonds. The van der Waals surface area contributed by atoms with Crippen molar-refractivity contribution in [2.45, 2.75) is 44.3 Å². The lowest BCUT2D eigenvalue weighted by molar-refractivity contribution is 0.0583. The summed E-state index contributed by atoms with van der Waals surface area (Å²) in [5.74, 6) is 1.63. The fourth-order valence-electron chi connectivity index (χ4n) is 5.13. The second-order valence-corrected chi connectivity index (χ2v) is 9.74. The number of nitrogens with one attached hydrogen (secondary N) is 1. The molecule has 4 rings (SSSR count). The molecule has 0 spiro atoms. The molecule has 1 fully saturated rings. The maximum absolute atomic E-state index is 13.9. The van der Waals surface area contributed by atoms with E-state index >= 15 is 0 Å². The van der Waals surface area contributed by atoms with Crippen LogP contribution >= 0.6 is 0 Å². The third-order valence-electron chi connectivity index (χ3n) is 7.26. The van der Waals surface area contributed by atoms with Gasteiger partial charge in [-0.05, 0) is 66.9 Å². The van der Waals surface area contributed by atoms with E-state index in [1.165, 1.54) is 7.11 Å². The van der Waals surface area contributed by atoms with Gasteiger partial charge in [-0.1, -0.05) is 25.0 Å². The molecule has 1 saturated carbocycles. The van der Waals surface area contributed by atoms with Gasteiger partial charge in [-0.3, -0.25) is 9.59 Å². The summed E-state index contributed by atoms with van der Waals surface area (Å²) in [6, 6.07) is 17.4. The Morgan fingerprint density at radius 2 is 1.40 bits per heavy atom. The highest BCUT2D eigenvalue weighted by Gasteiger charge is 2.32. The molecule has 3 N–H and O–H groups in total. The van der Waals surface area contributed by atoms with Crippen LogP contribution in [0.1, 0.15) is 52.0 Å². The second kappa shape index (κ2) is 13.2. The number of hydrogen-bond donors (Lipinski definition) is 2. The van der Waals surface area contributed by atoms with Crippen LogP contribution in [0.5, 0.6) is 23.0 Å². The second-order valence-electron chi connectivity index (χ2n) is 9.74. The van der Waals surface area contributed by atoms with Gasteiger partial charge < -0.3 is 34.9 Å². The molecule has 0 heterocycles. The van der Waals surface area contributed by atoms with Crippen molar-refractivity contribution in [2.75, 3.05) is 33.8 Å². The van der Waals surface area contributed by atoms with E-state index in [0.29, 0.717) is 46.4 Å². The summed E-state index contributed by atoms with van der Waals surface area (Å²) in [6.45, 7) is 0.339. The fourth-order valence-corrected chi connectivity index (χ4v) is 5.13. The van der Waals surface area contributed by atoms with Gasteiger partial charge in [-0.15, -0.1) is 0 Å². The first kappa shape index (κ1) is 28.8. The summed E-state index contributed by atoms with van der Waals surface area (Å²) >= 11 is 0. The summed E-state index contributed by atoms with van der Waals surface area (Å²) in [6.07, 6.45) is 3.75. The Labute approximate surface area is 235 Å². The van der Waals surface area contributed by atoms with Gasteiger partial charge >= 0.3 is 0 Å². The van der Waals surface area contributed by atoms with Gasteiger partial charge in [-0.2, -0.15) is 0 Å². The number of benzene rings is 3. The van der Waals surface area contributed by atoms with Crippen LogP contribution in [0.3, 0.4) is 0 Å². The molecular weight excluding hydrogens is 510 g/mol. The van der Waals surface area contributed by atoms with Gasteiger partial charge in [0.15, 0.2) is 23.0 Å². The average Bonchev–Trinajstić information content (AvgIpc) is 2.99. The van der Waals surface area contributed by atoms with E-state index in [9.17, 15) is 9.59 Å². The monoisotopic (exact) mass is 547 g/mol. The molecule has 0 saturated heterocycles. The lowest BCUT2D eigenvalue weighted by Crippen LogP contribution is -2.51. The van der Waals surface area contributed by atoms with E-state index < -0.39 is 0 Å². The van der Waals surface area contributed by atoms with Gasteiger partial charge in [0.1, 0.15) is 0 Å². The van der Waals surface area contributed by atoms with Crippen LogP contribution in [0, 0.1) is 0 Å². The van der Waals surface area contributed by atoms with Crippen molar-refractivity contribution in [1.29, 1.82) is 0 Å². The SMILES string of the molecule is COc1ccc(C(=O)Nc2cccc(CN(C(=O)c3ccc(OC)c(OC)c3)C3CCCCC3N)c2)cc1OC. The van der Waals surface area contributed by atoms with Crippen molar-refractivity contribution < 1.29 is 28.5 Å². The van der Waals surface area contributed by atoms with Crippen LogP contribution in [-0.2, 0) is 6.54 Å². The van der Waals surface area contributed by atoms with Gasteiger partial charge in [0, 0.05) is 35.4 Å². The third-order valence-corrected chi connectivity index (χ3v) is 7.26. The third kappa shape index (κ3) is 6.48. The maximum atomic E-state index is 13.9. The summed E-state index contributed by atoms with van der Waals surface area (Å²) in [4.78, 5) is 28.8. The summed E-state index contributed by atoms with van der Waals surface area (Å²) in [7, 11) is 6.17. The highest BCUT2D eigenvalue weighted by atomic mass is 16.5. The topological polar surface area (TPSA) is 112 Å². The van der Waals surface area contributed by atoms with Gasteiger partial charge in [0.2, 0.25) is 0 Å². The van der Waals surface area contributed by atoms with Crippen molar-refractivity contribution in [1.82, 2.24) is 4.90 Å². The van der Waals surface area contributed by atoms with Gasteiger partial charge in [-0.25, -0.2) is 0 Å². The van der Waals surface area contributed by atoms with E-state index in [4.69, 9.17) is 24.7 Å². The van der Waals surface area contributed by atoms with E-state index in [-0.39, 0.29) is 23.9 Å². The molecule has 40 heavy (non-hydrogen) atoms. The van der Waals surface area contributed by atoms with Gasteiger partial charge in [0.25, 0.3) is 11.8 Å². The van der Waals surface area contributed by atoms with Crippen LogP contribution in [0.2, 0.25) is 0 Å². The Morgan fingerprint density at radius 1 is 0.800 bits per heavy atom. The lowest BCUT2D eigenvalue weighted by Gasteiger charge is -2.38. The number of rotatable bonds is 10. The highest BCUT2D eigenvalue weighted by molar-refractivity contribution is 6.04. The number of carbonyl (C=O) groups is 2. The fraction of sp³-hybridized carbons (Fsp3) is 0.355. The van der Waals surface area contributed by atoms with Crippen LogP contribution in [0.25, 0.3) is 0 Å². The lowest BCUT2D eigenvalue weighted by atomic mass is 9.89. The number of anilines is 1. The first-order chi connectivity index (χ1) is 19.4. The standard InChI is InChI=1S/C31H37N3O6/c1-37-26-14-12-21(17-28(26)39-3)30(35)33-23-9-7-8-20(16-23)19-34(25-11-6-5-10-24(25)32)31(36)22-13-15-27(38-2)29(18-22)40-4/h7-9,12-18,24-25H,5-6,10-11,19,32H2,1-4H3,(H,33,35). The molecule has 1 aliphatic rings. The number of methoxy groups -OCH3 is 4. The normalized spacial score (nSPS) is 16.5. The molecular formula is C31H37N3O6. The minimum absolute atomic E-state index is 0.112. The number of hydrogen-bond acceptors (Lipinski definition) is 7. The molecule has 9 heteroatoms. The van der Waals surface area contributed by atoms with Crippen LogP contribution in [0.15, 0.2) is 60.7 Å². The van der Waals surface area contributed by atoms with Crippen LogP contribution in [-0.4, -0.2) is 57.2 Å². The van der Waals surface area contributed by atoms with Crippen molar-refractivity contribution >= 4 is 17.5 Å². The Bertz CT molecular complexity index is 1340. The molecule has 0 aromatic heterocycles. The summed E-state index contributed by atoms with van der Waals surface area (Å²) in [5, 5.41) is 2.94. The van der Waals surface area contributed by atoms with E-state index in [2.05, 4.69) is 5.32 Å². The molecule has 3 aromatic rings. The Morgan fingerprint density at radius 3 is 2.02 bits per heavy atom. The summed E-state index contributed by atoms with van der Waals surface area (Å²) < 4.78 is 21.4. The molecule has 1 aliphatic carbocycles. The zero-order valence-electron chi connectivity index (χ0n) is 23.4. The molecule has 9 nitrogen and oxygen atoms in total. The molecule has 2 atom stereocenters. The number of amides is 2. The molecule has 0 aliphatic heterocycles. The van der Waals surface area contributed by atoms with E-state index in [0.717, 1.165) is 31.2 Å². The average molecular weight is 548 g/mol. The summed E-state index contributed by atoms with van der Waals surface area (Å²) in [5.41, 5.74) is 8.95. The van der Waals surface area contributed by atoms with Crippen LogP contribution in [0.4, 0.5) is 5.69 Å². The van der Waals surface area contributed by atoms with E-state index in [1.807, 2.05) is 29.2 Å². The quantitative estimate of drug-likeness (QED) is 0.372. The zero-order chi connectivity index (χ0) is 28.6. The molecule has 212 valence electrons. The Hall–Kier alpha value is -4.24. The predicted octanol–water partition coefficient (Wildman–Crippen LogP) is 4.89. The minimum atomic E-state index is -0.286. The van der Waals surface area contributed by atoms with Crippen molar-refractivity contribution in [3.63, 3.8) is 0 Å². The first-order valence-corrected chi connectivity index (χ1v) is 13.3. The molecule has 0 radical (unpaired) electrons. The molecule has 3 aromatic carbocycles. The number of ether oxygens (including phenoxy) is 4. The largest absolute Gasteiger partial charge is 0.493 e. The zero-order valence-corrected chi connectivity index (χ0v) is 23.4. The smallest absolute Gasteiger partial charge is 0.255 e. The number of nitrogens with zero attached hydrogens (tertiary/aromatic N) is 1. The Kier molecular flexibility index (Phi) is 9.50. The number of carbonyl (C=O) groups excluding carboxylic acids is 2.